The Morgan fingerprint density at radius 2 is 1.89 bits per heavy atom. The molecule has 8 nitrogen and oxygen atoms in total. The third-order valence-corrected chi connectivity index (χ3v) is 6.01. The summed E-state index contributed by atoms with van der Waals surface area (Å²) >= 11 is 15.8. The number of pyridine rings is 1. The summed E-state index contributed by atoms with van der Waals surface area (Å²) in [6.45, 7) is 4.23. The molecule has 11 heteroatoms. The first kappa shape index (κ1) is 27.0. The number of carbonyl (C=O) groups excluding carboxylic acids is 2. The van der Waals surface area contributed by atoms with Gasteiger partial charge in [0.2, 0.25) is 0 Å². The standard InChI is InChI=1S/C24H26BrCl2N5O3/c1-3-4-5-6-7-11-35-24(34)29-18-13-16(26)12-15(2)21(18)30-23(33)19-14-20(25)31-32(19)22-17(27)9-8-10-28-22/h8-10,12-14H,3-7,11H2,1-2H3,(H,29,34)(H,30,33). The number of carbonyl (C=O) groups is 2. The van der Waals surface area contributed by atoms with Crippen LogP contribution in [0, 0.1) is 6.92 Å². The number of aryl methyl sites for hydroxylation is 1. The quantitative estimate of drug-likeness (QED) is 0.242. The number of hydrogen-bond acceptors (Lipinski definition) is 5. The lowest BCUT2D eigenvalue weighted by Crippen LogP contribution is -2.21. The Bertz CT molecular complexity index is 1200. The lowest BCUT2D eigenvalue weighted by molar-refractivity contribution is 0.101. The van der Waals surface area contributed by atoms with Gasteiger partial charge in [-0.05, 0) is 59.1 Å². The molecular formula is C24H26BrCl2N5O3. The van der Waals surface area contributed by atoms with Gasteiger partial charge in [0.05, 0.1) is 23.0 Å². The lowest BCUT2D eigenvalue weighted by Gasteiger charge is -2.16. The Kier molecular flexibility index (Phi) is 9.94. The zero-order valence-electron chi connectivity index (χ0n) is 19.4. The van der Waals surface area contributed by atoms with Gasteiger partial charge in [-0.2, -0.15) is 5.10 Å². The van der Waals surface area contributed by atoms with Crippen molar-refractivity contribution in [3.63, 3.8) is 0 Å². The number of hydrogen-bond donors (Lipinski definition) is 2. The van der Waals surface area contributed by atoms with E-state index in [2.05, 4.69) is 43.6 Å². The highest BCUT2D eigenvalue weighted by atomic mass is 79.9. The van der Waals surface area contributed by atoms with E-state index in [0.717, 1.165) is 25.7 Å². The molecule has 3 rings (SSSR count). The molecule has 0 saturated carbocycles. The van der Waals surface area contributed by atoms with Gasteiger partial charge >= 0.3 is 6.09 Å². The highest BCUT2D eigenvalue weighted by Gasteiger charge is 2.21. The van der Waals surface area contributed by atoms with Crippen molar-refractivity contribution in [1.29, 1.82) is 0 Å². The van der Waals surface area contributed by atoms with Crippen molar-refractivity contribution in [1.82, 2.24) is 14.8 Å². The van der Waals surface area contributed by atoms with Crippen molar-refractivity contribution < 1.29 is 14.3 Å². The predicted octanol–water partition coefficient (Wildman–Crippen LogP) is 7.42. The molecule has 2 amide bonds. The van der Waals surface area contributed by atoms with Crippen LogP contribution in [0.25, 0.3) is 5.82 Å². The van der Waals surface area contributed by atoms with Crippen LogP contribution < -0.4 is 10.6 Å². The number of benzene rings is 1. The maximum Gasteiger partial charge on any atom is 0.411 e. The van der Waals surface area contributed by atoms with E-state index >= 15 is 0 Å². The Morgan fingerprint density at radius 3 is 2.63 bits per heavy atom. The van der Waals surface area contributed by atoms with E-state index < -0.39 is 12.0 Å². The molecule has 0 unspecified atom stereocenters. The fraction of sp³-hybridized carbons (Fsp3) is 0.333. The topological polar surface area (TPSA) is 98.1 Å². The second-order valence-corrected chi connectivity index (χ2v) is 9.50. The number of amides is 2. The fourth-order valence-corrected chi connectivity index (χ4v) is 4.26. The second-order valence-electron chi connectivity index (χ2n) is 7.85. The van der Waals surface area contributed by atoms with E-state index in [0.29, 0.717) is 44.0 Å². The van der Waals surface area contributed by atoms with Crippen molar-refractivity contribution in [2.75, 3.05) is 17.2 Å². The SMILES string of the molecule is CCCCCCCOC(=O)Nc1cc(Cl)cc(C)c1NC(=O)c1cc(Br)nn1-c1ncccc1Cl. The highest BCUT2D eigenvalue weighted by molar-refractivity contribution is 9.10. The zero-order valence-corrected chi connectivity index (χ0v) is 22.5. The van der Waals surface area contributed by atoms with Crippen LogP contribution in [0.15, 0.2) is 41.1 Å². The molecular weight excluding hydrogens is 557 g/mol. The summed E-state index contributed by atoms with van der Waals surface area (Å²) in [5, 5.41) is 10.6. The van der Waals surface area contributed by atoms with Gasteiger partial charge in [0.1, 0.15) is 10.3 Å². The van der Waals surface area contributed by atoms with Gasteiger partial charge in [-0.3, -0.25) is 10.1 Å². The molecule has 1 aromatic carbocycles. The van der Waals surface area contributed by atoms with E-state index in [9.17, 15) is 9.59 Å². The average molecular weight is 583 g/mol. The molecule has 35 heavy (non-hydrogen) atoms. The van der Waals surface area contributed by atoms with E-state index in [1.807, 2.05) is 0 Å². The van der Waals surface area contributed by atoms with Gasteiger partial charge in [-0.25, -0.2) is 14.5 Å². The monoisotopic (exact) mass is 581 g/mol. The number of aromatic nitrogens is 3. The molecule has 3 aromatic rings. The first-order valence-corrected chi connectivity index (χ1v) is 12.8. The molecule has 0 atom stereocenters. The summed E-state index contributed by atoms with van der Waals surface area (Å²) in [6.07, 6.45) is 6.16. The number of rotatable bonds is 10. The van der Waals surface area contributed by atoms with Crippen molar-refractivity contribution in [3.8, 4) is 5.82 Å². The van der Waals surface area contributed by atoms with Gasteiger partial charge in [-0.1, -0.05) is 55.8 Å². The molecule has 2 aromatic heterocycles. The summed E-state index contributed by atoms with van der Waals surface area (Å²) in [4.78, 5) is 29.9. The number of halogens is 3. The first-order chi connectivity index (χ1) is 16.8. The third-order valence-electron chi connectivity index (χ3n) is 5.11. The fourth-order valence-electron chi connectivity index (χ4n) is 3.41. The van der Waals surface area contributed by atoms with Crippen LogP contribution in [0.2, 0.25) is 10.0 Å². The molecule has 0 spiro atoms. The number of unbranched alkanes of at least 4 members (excludes halogenated alkanes) is 4. The van der Waals surface area contributed by atoms with Gasteiger partial charge in [0, 0.05) is 17.3 Å². The molecule has 0 radical (unpaired) electrons. The van der Waals surface area contributed by atoms with Crippen molar-refractivity contribution >= 4 is 62.5 Å². The Balaban J connectivity index is 1.77. The van der Waals surface area contributed by atoms with Crippen molar-refractivity contribution in [2.24, 2.45) is 0 Å². The largest absolute Gasteiger partial charge is 0.449 e. The van der Waals surface area contributed by atoms with E-state index in [-0.39, 0.29) is 5.69 Å². The summed E-state index contributed by atoms with van der Waals surface area (Å²) in [5.74, 6) is -0.179. The maximum atomic E-state index is 13.3. The molecule has 0 aliphatic carbocycles. The molecule has 2 N–H and O–H groups in total. The van der Waals surface area contributed by atoms with Crippen LogP contribution in [-0.4, -0.2) is 33.4 Å². The molecule has 0 fully saturated rings. The molecule has 0 bridgehead atoms. The Labute approximate surface area is 222 Å². The normalized spacial score (nSPS) is 10.8. The predicted molar refractivity (Wildman–Crippen MR) is 142 cm³/mol. The van der Waals surface area contributed by atoms with Crippen LogP contribution >= 0.6 is 39.1 Å². The molecule has 0 saturated heterocycles. The van der Waals surface area contributed by atoms with Crippen LogP contribution in [0.4, 0.5) is 16.2 Å². The van der Waals surface area contributed by atoms with E-state index in [1.165, 1.54) is 11.1 Å². The van der Waals surface area contributed by atoms with E-state index in [4.69, 9.17) is 27.9 Å². The summed E-state index contributed by atoms with van der Waals surface area (Å²) < 4.78 is 7.06. The first-order valence-electron chi connectivity index (χ1n) is 11.2. The van der Waals surface area contributed by atoms with Gasteiger partial charge in [0.15, 0.2) is 5.82 Å². The average Bonchev–Trinajstić information content (AvgIpc) is 3.20. The Morgan fingerprint density at radius 1 is 1.11 bits per heavy atom. The summed E-state index contributed by atoms with van der Waals surface area (Å²) in [5.41, 5.74) is 1.55. The Hall–Kier alpha value is -2.62. The minimum absolute atomic E-state index is 0.187. The second kappa shape index (κ2) is 12.9. The number of nitrogens with zero attached hydrogens (tertiary/aromatic N) is 3. The minimum Gasteiger partial charge on any atom is -0.449 e. The van der Waals surface area contributed by atoms with Crippen LogP contribution in [0.5, 0.6) is 0 Å². The zero-order chi connectivity index (χ0) is 25.4. The van der Waals surface area contributed by atoms with Gasteiger partial charge in [-0.15, -0.1) is 0 Å². The smallest absolute Gasteiger partial charge is 0.411 e. The summed E-state index contributed by atoms with van der Waals surface area (Å²) in [7, 11) is 0. The van der Waals surface area contributed by atoms with Crippen molar-refractivity contribution in [2.45, 2.75) is 46.0 Å². The number of nitrogens with one attached hydrogen (secondary N) is 2. The molecule has 2 heterocycles. The molecule has 0 aliphatic heterocycles. The third kappa shape index (κ3) is 7.43. The summed E-state index contributed by atoms with van der Waals surface area (Å²) in [6, 6.07) is 8.12. The van der Waals surface area contributed by atoms with E-state index in [1.54, 1.807) is 43.5 Å². The van der Waals surface area contributed by atoms with Gasteiger partial charge < -0.3 is 10.1 Å². The molecule has 0 aliphatic rings. The highest BCUT2D eigenvalue weighted by Crippen LogP contribution is 2.31. The number of ether oxygens (including phenoxy) is 1. The van der Waals surface area contributed by atoms with Gasteiger partial charge in [0.25, 0.3) is 5.91 Å². The minimum atomic E-state index is -0.620. The van der Waals surface area contributed by atoms with Crippen LogP contribution in [-0.2, 0) is 4.74 Å². The maximum absolute atomic E-state index is 13.3. The molecule has 186 valence electrons. The van der Waals surface area contributed by atoms with Crippen LogP contribution in [0.3, 0.4) is 0 Å². The van der Waals surface area contributed by atoms with Crippen LogP contribution in [0.1, 0.15) is 55.1 Å². The van der Waals surface area contributed by atoms with Crippen molar-refractivity contribution in [3.05, 3.63) is 62.4 Å². The number of anilines is 2. The lowest BCUT2D eigenvalue weighted by atomic mass is 10.1.